The smallest absolute Gasteiger partial charge is 0.256 e. The van der Waals surface area contributed by atoms with E-state index in [0.29, 0.717) is 24.1 Å². The zero-order chi connectivity index (χ0) is 14.6. The third-order valence-corrected chi connectivity index (χ3v) is 3.62. The molecule has 0 aliphatic carbocycles. The molecule has 20 heavy (non-hydrogen) atoms. The van der Waals surface area contributed by atoms with Gasteiger partial charge in [0.05, 0.1) is 0 Å². The van der Waals surface area contributed by atoms with E-state index in [4.69, 9.17) is 10.5 Å². The second kappa shape index (κ2) is 6.02. The molecule has 0 aromatic heterocycles. The number of amides is 2. The van der Waals surface area contributed by atoms with Crippen LogP contribution in [-0.2, 0) is 9.53 Å². The molecule has 6 heteroatoms. The van der Waals surface area contributed by atoms with E-state index >= 15 is 0 Å². The number of carbonyl (C=O) groups is 2. The van der Waals surface area contributed by atoms with E-state index in [9.17, 15) is 9.59 Å². The van der Waals surface area contributed by atoms with E-state index in [1.54, 1.807) is 31.4 Å². The number of hydrogen-bond acceptors (Lipinski definition) is 4. The predicted molar refractivity (Wildman–Crippen MR) is 75.4 cm³/mol. The van der Waals surface area contributed by atoms with Crippen LogP contribution in [0, 0.1) is 0 Å². The number of anilines is 1. The minimum Gasteiger partial charge on any atom is -0.368 e. The summed E-state index contributed by atoms with van der Waals surface area (Å²) in [6.45, 7) is 1.48. The highest BCUT2D eigenvalue weighted by Gasteiger charge is 2.39. The fourth-order valence-corrected chi connectivity index (χ4v) is 2.35. The molecule has 6 nitrogen and oxygen atoms in total. The molecule has 1 heterocycles. The van der Waals surface area contributed by atoms with Gasteiger partial charge in [-0.1, -0.05) is 6.07 Å². The van der Waals surface area contributed by atoms with Gasteiger partial charge in [0.2, 0.25) is 5.91 Å². The highest BCUT2D eigenvalue weighted by atomic mass is 16.5. The highest BCUT2D eigenvalue weighted by molar-refractivity contribution is 5.99. The van der Waals surface area contributed by atoms with Crippen LogP contribution in [0.3, 0.4) is 0 Å². The number of methoxy groups -OCH3 is 1. The summed E-state index contributed by atoms with van der Waals surface area (Å²) < 4.78 is 5.45. The van der Waals surface area contributed by atoms with Crippen molar-refractivity contribution in [3.05, 3.63) is 29.8 Å². The summed E-state index contributed by atoms with van der Waals surface area (Å²) in [5.74, 6) is -0.715. The number of nitrogens with two attached hydrogens (primary N) is 1. The molecule has 0 unspecified atom stereocenters. The van der Waals surface area contributed by atoms with E-state index in [1.165, 1.54) is 0 Å². The molecule has 0 bridgehead atoms. The fourth-order valence-electron chi connectivity index (χ4n) is 2.35. The second-order valence-electron chi connectivity index (χ2n) is 4.85. The van der Waals surface area contributed by atoms with E-state index in [0.717, 1.165) is 13.1 Å². The zero-order valence-electron chi connectivity index (χ0n) is 11.4. The van der Waals surface area contributed by atoms with Gasteiger partial charge in [-0.3, -0.25) is 9.59 Å². The third-order valence-electron chi connectivity index (χ3n) is 3.62. The average molecular weight is 277 g/mol. The molecule has 2 rings (SSSR count). The van der Waals surface area contributed by atoms with Crippen LogP contribution in [-0.4, -0.2) is 37.6 Å². The maximum Gasteiger partial charge on any atom is 0.256 e. The molecule has 1 aliphatic heterocycles. The van der Waals surface area contributed by atoms with Gasteiger partial charge in [-0.15, -0.1) is 0 Å². The molecule has 0 saturated carbocycles. The van der Waals surface area contributed by atoms with Crippen molar-refractivity contribution in [1.29, 1.82) is 0 Å². The first-order valence-corrected chi connectivity index (χ1v) is 6.54. The van der Waals surface area contributed by atoms with Crippen LogP contribution in [0.15, 0.2) is 24.3 Å². The molecule has 1 aromatic rings. The van der Waals surface area contributed by atoms with E-state index in [2.05, 4.69) is 10.6 Å². The fraction of sp³-hybridized carbons (Fsp3) is 0.429. The maximum atomic E-state index is 12.4. The summed E-state index contributed by atoms with van der Waals surface area (Å²) in [6.07, 6.45) is 1.23. The molecule has 1 fully saturated rings. The third kappa shape index (κ3) is 2.97. The number of benzene rings is 1. The van der Waals surface area contributed by atoms with Crippen LogP contribution in [0.25, 0.3) is 0 Å². The second-order valence-corrected chi connectivity index (χ2v) is 4.85. The SMILES string of the molecule is COC1(C(=O)Nc2cccc(C(N)=O)c2)CCNCC1. The lowest BCUT2D eigenvalue weighted by Gasteiger charge is -2.34. The molecule has 0 radical (unpaired) electrons. The van der Waals surface area contributed by atoms with Crippen LogP contribution < -0.4 is 16.4 Å². The number of carbonyl (C=O) groups excluding carboxylic acids is 2. The Labute approximate surface area is 117 Å². The number of piperidine rings is 1. The number of primary amides is 1. The van der Waals surface area contributed by atoms with Crippen molar-refractivity contribution in [2.24, 2.45) is 5.73 Å². The molecule has 1 saturated heterocycles. The van der Waals surface area contributed by atoms with Crippen molar-refractivity contribution < 1.29 is 14.3 Å². The molecule has 2 amide bonds. The largest absolute Gasteiger partial charge is 0.368 e. The molecule has 0 spiro atoms. The van der Waals surface area contributed by atoms with Crippen LogP contribution >= 0.6 is 0 Å². The Bertz CT molecular complexity index is 510. The van der Waals surface area contributed by atoms with Crippen LogP contribution in [0.2, 0.25) is 0 Å². The van der Waals surface area contributed by atoms with Gasteiger partial charge < -0.3 is 21.1 Å². The van der Waals surface area contributed by atoms with Crippen LogP contribution in [0.5, 0.6) is 0 Å². The summed E-state index contributed by atoms with van der Waals surface area (Å²) in [7, 11) is 1.55. The number of nitrogens with one attached hydrogen (secondary N) is 2. The topological polar surface area (TPSA) is 93.4 Å². The van der Waals surface area contributed by atoms with Gasteiger partial charge in [0.25, 0.3) is 5.91 Å². The first-order chi connectivity index (χ1) is 9.57. The van der Waals surface area contributed by atoms with Crippen molar-refractivity contribution >= 4 is 17.5 Å². The monoisotopic (exact) mass is 277 g/mol. The summed E-state index contributed by atoms with van der Waals surface area (Å²) in [4.78, 5) is 23.6. The first-order valence-electron chi connectivity index (χ1n) is 6.54. The summed E-state index contributed by atoms with van der Waals surface area (Å²) >= 11 is 0. The quantitative estimate of drug-likeness (QED) is 0.746. The number of ether oxygens (including phenoxy) is 1. The van der Waals surface area contributed by atoms with E-state index in [1.807, 2.05) is 0 Å². The zero-order valence-corrected chi connectivity index (χ0v) is 11.4. The summed E-state index contributed by atoms with van der Waals surface area (Å²) in [5.41, 5.74) is 5.32. The Morgan fingerprint density at radius 3 is 2.65 bits per heavy atom. The van der Waals surface area contributed by atoms with Crippen LogP contribution in [0.4, 0.5) is 5.69 Å². The van der Waals surface area contributed by atoms with Crippen molar-refractivity contribution in [3.8, 4) is 0 Å². The van der Waals surface area contributed by atoms with Crippen LogP contribution in [0.1, 0.15) is 23.2 Å². The molecule has 108 valence electrons. The molecule has 0 atom stereocenters. The van der Waals surface area contributed by atoms with E-state index in [-0.39, 0.29) is 5.91 Å². The standard InChI is InChI=1S/C14H19N3O3/c1-20-14(5-7-16-8-6-14)13(19)17-11-4-2-3-10(9-11)12(15)18/h2-4,9,16H,5-8H2,1H3,(H2,15,18)(H,17,19). The van der Waals surface area contributed by atoms with Gasteiger partial charge in [0.1, 0.15) is 5.60 Å². The van der Waals surface area contributed by atoms with E-state index < -0.39 is 11.5 Å². The lowest BCUT2D eigenvalue weighted by Crippen LogP contribution is -2.51. The Balaban J connectivity index is 2.14. The summed E-state index contributed by atoms with van der Waals surface area (Å²) in [5, 5.41) is 5.99. The van der Waals surface area contributed by atoms with Gasteiger partial charge in [-0.25, -0.2) is 0 Å². The Morgan fingerprint density at radius 1 is 1.35 bits per heavy atom. The molecule has 4 N–H and O–H groups in total. The lowest BCUT2D eigenvalue weighted by atomic mass is 9.91. The number of rotatable bonds is 4. The van der Waals surface area contributed by atoms with Crippen molar-refractivity contribution in [3.63, 3.8) is 0 Å². The maximum absolute atomic E-state index is 12.4. The minimum absolute atomic E-state index is 0.192. The average Bonchev–Trinajstić information content (AvgIpc) is 2.48. The first kappa shape index (κ1) is 14.5. The van der Waals surface area contributed by atoms with Crippen molar-refractivity contribution in [2.45, 2.75) is 18.4 Å². The van der Waals surface area contributed by atoms with Gasteiger partial charge in [0, 0.05) is 18.4 Å². The molecular weight excluding hydrogens is 258 g/mol. The normalized spacial score (nSPS) is 17.4. The van der Waals surface area contributed by atoms with Gasteiger partial charge >= 0.3 is 0 Å². The minimum atomic E-state index is -0.812. The van der Waals surface area contributed by atoms with Gasteiger partial charge in [0.15, 0.2) is 0 Å². The predicted octanol–water partition coefficient (Wildman–Crippen LogP) is 0.493. The Kier molecular flexibility index (Phi) is 4.36. The summed E-state index contributed by atoms with van der Waals surface area (Å²) in [6, 6.07) is 6.56. The Morgan fingerprint density at radius 2 is 2.05 bits per heavy atom. The lowest BCUT2D eigenvalue weighted by molar-refractivity contribution is -0.140. The van der Waals surface area contributed by atoms with Gasteiger partial charge in [-0.05, 0) is 44.1 Å². The van der Waals surface area contributed by atoms with Gasteiger partial charge in [-0.2, -0.15) is 0 Å². The van der Waals surface area contributed by atoms with Crippen molar-refractivity contribution in [1.82, 2.24) is 5.32 Å². The van der Waals surface area contributed by atoms with Crippen molar-refractivity contribution in [2.75, 3.05) is 25.5 Å². The molecule has 1 aromatic carbocycles. The molecular formula is C14H19N3O3. The highest BCUT2D eigenvalue weighted by Crippen LogP contribution is 2.24. The Hall–Kier alpha value is -1.92. The number of hydrogen-bond donors (Lipinski definition) is 3. The molecule has 1 aliphatic rings.